The Morgan fingerprint density at radius 1 is 1.38 bits per heavy atom. The Labute approximate surface area is 81.4 Å². The van der Waals surface area contributed by atoms with Gasteiger partial charge in [0.2, 0.25) is 0 Å². The number of hydrogen-bond acceptors (Lipinski definition) is 3. The molecule has 0 aromatic carbocycles. The summed E-state index contributed by atoms with van der Waals surface area (Å²) in [6.45, 7) is 6.19. The van der Waals surface area contributed by atoms with Gasteiger partial charge in [-0.05, 0) is 33.9 Å². The van der Waals surface area contributed by atoms with E-state index in [9.17, 15) is 0 Å². The first kappa shape index (κ1) is 11.0. The minimum absolute atomic E-state index is 0.107. The Bertz CT molecular complexity index is 134. The SMILES string of the molecule is CCOC1(CNC)CCN(C)CC1. The van der Waals surface area contributed by atoms with Gasteiger partial charge in [0.05, 0.1) is 5.60 Å². The van der Waals surface area contributed by atoms with Crippen LogP contribution in [0.2, 0.25) is 0 Å². The van der Waals surface area contributed by atoms with E-state index in [1.165, 1.54) is 0 Å². The molecule has 1 aliphatic heterocycles. The minimum atomic E-state index is 0.107. The zero-order valence-corrected chi connectivity index (χ0v) is 9.10. The fourth-order valence-electron chi connectivity index (χ4n) is 2.03. The maximum atomic E-state index is 5.87. The molecule has 0 atom stereocenters. The molecular formula is C10H22N2O. The highest BCUT2D eigenvalue weighted by atomic mass is 16.5. The lowest BCUT2D eigenvalue weighted by Crippen LogP contribution is -2.50. The molecule has 13 heavy (non-hydrogen) atoms. The van der Waals surface area contributed by atoms with Gasteiger partial charge in [0, 0.05) is 26.2 Å². The average Bonchev–Trinajstić information content (AvgIpc) is 2.11. The molecule has 3 nitrogen and oxygen atoms in total. The van der Waals surface area contributed by atoms with Crippen molar-refractivity contribution in [2.24, 2.45) is 0 Å². The second-order valence-electron chi connectivity index (χ2n) is 3.95. The molecule has 1 saturated heterocycles. The molecule has 0 saturated carbocycles. The number of nitrogens with one attached hydrogen (secondary N) is 1. The van der Waals surface area contributed by atoms with Gasteiger partial charge in [-0.15, -0.1) is 0 Å². The van der Waals surface area contributed by atoms with E-state index in [0.29, 0.717) is 0 Å². The van der Waals surface area contributed by atoms with Crippen LogP contribution in [0.4, 0.5) is 0 Å². The smallest absolute Gasteiger partial charge is 0.0830 e. The van der Waals surface area contributed by atoms with Gasteiger partial charge < -0.3 is 15.0 Å². The molecule has 0 aliphatic carbocycles. The third-order valence-electron chi connectivity index (χ3n) is 2.85. The van der Waals surface area contributed by atoms with E-state index in [2.05, 4.69) is 24.2 Å². The Morgan fingerprint density at radius 2 is 2.00 bits per heavy atom. The number of ether oxygens (including phenoxy) is 1. The second kappa shape index (κ2) is 4.94. The molecule has 1 fully saturated rings. The highest BCUT2D eigenvalue weighted by Gasteiger charge is 2.33. The van der Waals surface area contributed by atoms with Crippen molar-refractivity contribution in [2.45, 2.75) is 25.4 Å². The van der Waals surface area contributed by atoms with Crippen LogP contribution >= 0.6 is 0 Å². The topological polar surface area (TPSA) is 24.5 Å². The summed E-state index contributed by atoms with van der Waals surface area (Å²) in [4.78, 5) is 2.37. The predicted molar refractivity (Wildman–Crippen MR) is 55.0 cm³/mol. The Morgan fingerprint density at radius 3 is 2.46 bits per heavy atom. The highest BCUT2D eigenvalue weighted by Crippen LogP contribution is 2.24. The molecular weight excluding hydrogens is 164 g/mol. The van der Waals surface area contributed by atoms with Crippen molar-refractivity contribution in [3.05, 3.63) is 0 Å². The molecule has 0 radical (unpaired) electrons. The van der Waals surface area contributed by atoms with Gasteiger partial charge in [0.1, 0.15) is 0 Å². The van der Waals surface area contributed by atoms with Crippen molar-refractivity contribution < 1.29 is 4.74 Å². The van der Waals surface area contributed by atoms with E-state index >= 15 is 0 Å². The molecule has 1 N–H and O–H groups in total. The van der Waals surface area contributed by atoms with Crippen LogP contribution in [0.3, 0.4) is 0 Å². The quantitative estimate of drug-likeness (QED) is 0.699. The maximum absolute atomic E-state index is 5.87. The van der Waals surface area contributed by atoms with E-state index in [0.717, 1.165) is 39.1 Å². The maximum Gasteiger partial charge on any atom is 0.0830 e. The van der Waals surface area contributed by atoms with Crippen LogP contribution in [0.1, 0.15) is 19.8 Å². The molecule has 1 aliphatic rings. The number of hydrogen-bond donors (Lipinski definition) is 1. The summed E-state index contributed by atoms with van der Waals surface area (Å²) < 4.78 is 5.87. The summed E-state index contributed by atoms with van der Waals surface area (Å²) in [5.41, 5.74) is 0.107. The summed E-state index contributed by atoms with van der Waals surface area (Å²) in [5.74, 6) is 0. The zero-order chi connectivity index (χ0) is 9.73. The zero-order valence-electron chi connectivity index (χ0n) is 9.10. The normalized spacial score (nSPS) is 23.3. The third kappa shape index (κ3) is 2.93. The van der Waals surface area contributed by atoms with Crippen molar-refractivity contribution in [1.82, 2.24) is 10.2 Å². The summed E-state index contributed by atoms with van der Waals surface area (Å²) in [7, 11) is 4.17. The van der Waals surface area contributed by atoms with E-state index in [1.807, 2.05) is 7.05 Å². The van der Waals surface area contributed by atoms with Crippen molar-refractivity contribution in [3.8, 4) is 0 Å². The molecule has 0 unspecified atom stereocenters. The van der Waals surface area contributed by atoms with E-state index in [-0.39, 0.29) is 5.60 Å². The summed E-state index contributed by atoms with van der Waals surface area (Å²) in [6.07, 6.45) is 2.30. The molecule has 78 valence electrons. The van der Waals surface area contributed by atoms with E-state index < -0.39 is 0 Å². The molecule has 1 rings (SSSR count). The Kier molecular flexibility index (Phi) is 4.16. The van der Waals surface area contributed by atoms with Gasteiger partial charge in [0.15, 0.2) is 0 Å². The Balaban J connectivity index is 2.47. The lowest BCUT2D eigenvalue weighted by Gasteiger charge is -2.40. The van der Waals surface area contributed by atoms with Gasteiger partial charge in [-0.3, -0.25) is 0 Å². The fraction of sp³-hybridized carbons (Fsp3) is 1.00. The predicted octanol–water partition coefficient (Wildman–Crippen LogP) is 0.707. The minimum Gasteiger partial charge on any atom is -0.374 e. The van der Waals surface area contributed by atoms with Gasteiger partial charge in [0.25, 0.3) is 0 Å². The lowest BCUT2D eigenvalue weighted by molar-refractivity contribution is -0.0731. The number of piperidine rings is 1. The number of rotatable bonds is 4. The molecule has 0 bridgehead atoms. The molecule has 0 amide bonds. The van der Waals surface area contributed by atoms with Crippen molar-refractivity contribution in [3.63, 3.8) is 0 Å². The van der Waals surface area contributed by atoms with Gasteiger partial charge in [-0.25, -0.2) is 0 Å². The van der Waals surface area contributed by atoms with Gasteiger partial charge in [-0.2, -0.15) is 0 Å². The van der Waals surface area contributed by atoms with Crippen LogP contribution in [0, 0.1) is 0 Å². The third-order valence-corrected chi connectivity index (χ3v) is 2.85. The number of likely N-dealkylation sites (N-methyl/N-ethyl adjacent to an activating group) is 1. The molecule has 1 heterocycles. The van der Waals surface area contributed by atoms with Crippen LogP contribution in [0.5, 0.6) is 0 Å². The van der Waals surface area contributed by atoms with Crippen molar-refractivity contribution >= 4 is 0 Å². The number of likely N-dealkylation sites (tertiary alicyclic amines) is 1. The second-order valence-corrected chi connectivity index (χ2v) is 3.95. The summed E-state index contributed by atoms with van der Waals surface area (Å²) in [5, 5.41) is 3.23. The Hall–Kier alpha value is -0.120. The lowest BCUT2D eigenvalue weighted by atomic mass is 9.91. The van der Waals surface area contributed by atoms with Crippen LogP contribution < -0.4 is 5.32 Å². The van der Waals surface area contributed by atoms with Gasteiger partial charge >= 0.3 is 0 Å². The van der Waals surface area contributed by atoms with Crippen LogP contribution in [-0.4, -0.2) is 50.8 Å². The largest absolute Gasteiger partial charge is 0.374 e. The van der Waals surface area contributed by atoms with Gasteiger partial charge in [-0.1, -0.05) is 0 Å². The highest BCUT2D eigenvalue weighted by molar-refractivity contribution is 4.88. The van der Waals surface area contributed by atoms with Crippen LogP contribution in [0.15, 0.2) is 0 Å². The first-order valence-electron chi connectivity index (χ1n) is 5.19. The molecule has 0 aromatic rings. The van der Waals surface area contributed by atoms with Crippen molar-refractivity contribution in [2.75, 3.05) is 40.3 Å². The average molecular weight is 186 g/mol. The standard InChI is InChI=1S/C10H22N2O/c1-4-13-10(9-11-2)5-7-12(3)8-6-10/h11H,4-9H2,1-3H3. The summed E-state index contributed by atoms with van der Waals surface area (Å²) in [6, 6.07) is 0. The molecule has 0 aromatic heterocycles. The first-order valence-corrected chi connectivity index (χ1v) is 5.19. The number of nitrogens with zero attached hydrogens (tertiary/aromatic N) is 1. The molecule has 3 heteroatoms. The van der Waals surface area contributed by atoms with Crippen LogP contribution in [-0.2, 0) is 4.74 Å². The monoisotopic (exact) mass is 186 g/mol. The first-order chi connectivity index (χ1) is 6.22. The fourth-order valence-corrected chi connectivity index (χ4v) is 2.03. The van der Waals surface area contributed by atoms with Crippen molar-refractivity contribution in [1.29, 1.82) is 0 Å². The van der Waals surface area contributed by atoms with E-state index in [4.69, 9.17) is 4.74 Å². The van der Waals surface area contributed by atoms with Crippen LogP contribution in [0.25, 0.3) is 0 Å². The summed E-state index contributed by atoms with van der Waals surface area (Å²) >= 11 is 0. The molecule has 0 spiro atoms. The van der Waals surface area contributed by atoms with E-state index in [1.54, 1.807) is 0 Å².